The van der Waals surface area contributed by atoms with Crippen molar-refractivity contribution in [2.24, 2.45) is 0 Å². The third-order valence-electron chi connectivity index (χ3n) is 2.83. The highest BCUT2D eigenvalue weighted by molar-refractivity contribution is 6.00. The van der Waals surface area contributed by atoms with Crippen molar-refractivity contribution < 1.29 is 14.0 Å². The molecule has 1 aromatic carbocycles. The van der Waals surface area contributed by atoms with Gasteiger partial charge in [-0.25, -0.2) is 0 Å². The lowest BCUT2D eigenvalue weighted by Gasteiger charge is -2.03. The van der Waals surface area contributed by atoms with Gasteiger partial charge in [-0.05, 0) is 19.9 Å². The van der Waals surface area contributed by atoms with Crippen LogP contribution < -0.4 is 10.6 Å². The average molecular weight is 260 g/mol. The molecule has 2 amide bonds. The molecule has 1 aromatic heterocycles. The molecule has 0 aliphatic heterocycles. The van der Waals surface area contributed by atoms with Crippen LogP contribution in [0.25, 0.3) is 11.0 Å². The number of amides is 2. The Kier molecular flexibility index (Phi) is 3.85. The normalized spacial score (nSPS) is 10.4. The molecule has 0 atom stereocenters. The number of furan rings is 1. The number of hydrogen-bond acceptors (Lipinski definition) is 3. The average Bonchev–Trinajstić information content (AvgIpc) is 2.74. The minimum absolute atomic E-state index is 0.0524. The Bertz CT molecular complexity index is 616. The van der Waals surface area contributed by atoms with E-state index in [1.54, 1.807) is 0 Å². The van der Waals surface area contributed by atoms with Crippen LogP contribution in [0.1, 0.15) is 23.0 Å². The summed E-state index contributed by atoms with van der Waals surface area (Å²) in [5.74, 6) is -0.338. The number of rotatable bonds is 4. The molecule has 19 heavy (non-hydrogen) atoms. The highest BCUT2D eigenvalue weighted by atomic mass is 16.3. The second-order valence-electron chi connectivity index (χ2n) is 4.19. The predicted molar refractivity (Wildman–Crippen MR) is 72.0 cm³/mol. The minimum Gasteiger partial charge on any atom is -0.451 e. The van der Waals surface area contributed by atoms with Gasteiger partial charge in [-0.2, -0.15) is 0 Å². The Morgan fingerprint density at radius 2 is 1.95 bits per heavy atom. The van der Waals surface area contributed by atoms with Crippen molar-refractivity contribution >= 4 is 22.8 Å². The summed E-state index contributed by atoms with van der Waals surface area (Å²) in [4.78, 5) is 23.2. The number of benzene rings is 1. The lowest BCUT2D eigenvalue weighted by atomic mass is 10.1. The van der Waals surface area contributed by atoms with Gasteiger partial charge in [0.25, 0.3) is 5.91 Å². The summed E-state index contributed by atoms with van der Waals surface area (Å²) in [6.07, 6.45) is 0. The molecule has 0 bridgehead atoms. The molecular formula is C14H16N2O3. The van der Waals surface area contributed by atoms with Gasteiger partial charge < -0.3 is 15.1 Å². The van der Waals surface area contributed by atoms with E-state index in [-0.39, 0.29) is 24.1 Å². The Morgan fingerprint density at radius 3 is 2.63 bits per heavy atom. The molecule has 2 aromatic rings. The SMILES string of the molecule is CCNC(=O)CNC(=O)c1oc2ccccc2c1C. The second kappa shape index (κ2) is 5.56. The smallest absolute Gasteiger partial charge is 0.287 e. The summed E-state index contributed by atoms with van der Waals surface area (Å²) in [7, 11) is 0. The number of carbonyl (C=O) groups is 2. The van der Waals surface area contributed by atoms with Crippen LogP contribution in [0.5, 0.6) is 0 Å². The van der Waals surface area contributed by atoms with Crippen LogP contribution in [0, 0.1) is 6.92 Å². The molecule has 0 fully saturated rings. The Morgan fingerprint density at radius 1 is 1.21 bits per heavy atom. The summed E-state index contributed by atoms with van der Waals surface area (Å²) in [6, 6.07) is 7.44. The van der Waals surface area contributed by atoms with Crippen LogP contribution in [0.3, 0.4) is 0 Å². The minimum atomic E-state index is -0.375. The molecule has 100 valence electrons. The Balaban J connectivity index is 2.13. The molecule has 5 heteroatoms. The monoisotopic (exact) mass is 260 g/mol. The van der Waals surface area contributed by atoms with E-state index >= 15 is 0 Å². The van der Waals surface area contributed by atoms with E-state index in [1.807, 2.05) is 38.1 Å². The molecule has 2 N–H and O–H groups in total. The van der Waals surface area contributed by atoms with Crippen molar-refractivity contribution in [3.63, 3.8) is 0 Å². The summed E-state index contributed by atoms with van der Waals surface area (Å²) in [6.45, 7) is 4.14. The summed E-state index contributed by atoms with van der Waals surface area (Å²) in [5, 5.41) is 6.06. The first-order valence-corrected chi connectivity index (χ1v) is 6.16. The third kappa shape index (κ3) is 2.76. The van der Waals surface area contributed by atoms with Crippen molar-refractivity contribution in [2.45, 2.75) is 13.8 Å². The lowest BCUT2D eigenvalue weighted by molar-refractivity contribution is -0.120. The molecule has 0 radical (unpaired) electrons. The van der Waals surface area contributed by atoms with Crippen molar-refractivity contribution in [3.8, 4) is 0 Å². The van der Waals surface area contributed by atoms with E-state index in [0.717, 1.165) is 10.9 Å². The molecular weight excluding hydrogens is 244 g/mol. The van der Waals surface area contributed by atoms with Gasteiger partial charge in [0.15, 0.2) is 5.76 Å². The Labute approximate surface area is 111 Å². The highest BCUT2D eigenvalue weighted by Crippen LogP contribution is 2.24. The van der Waals surface area contributed by atoms with Gasteiger partial charge in [0.2, 0.25) is 5.91 Å². The molecule has 0 saturated carbocycles. The number of fused-ring (bicyclic) bond motifs is 1. The van der Waals surface area contributed by atoms with Gasteiger partial charge in [-0.15, -0.1) is 0 Å². The summed E-state index contributed by atoms with van der Waals surface area (Å²) >= 11 is 0. The van der Waals surface area contributed by atoms with Crippen LogP contribution >= 0.6 is 0 Å². The molecule has 0 aliphatic carbocycles. The van der Waals surface area contributed by atoms with Crippen LogP contribution in [0.2, 0.25) is 0 Å². The molecule has 0 spiro atoms. The summed E-state index contributed by atoms with van der Waals surface area (Å²) in [5.41, 5.74) is 1.45. The fourth-order valence-electron chi connectivity index (χ4n) is 1.89. The van der Waals surface area contributed by atoms with Crippen LogP contribution in [0.15, 0.2) is 28.7 Å². The number of nitrogens with one attached hydrogen (secondary N) is 2. The molecule has 0 unspecified atom stereocenters. The number of hydrogen-bond donors (Lipinski definition) is 2. The van der Waals surface area contributed by atoms with Gasteiger partial charge in [0.1, 0.15) is 5.58 Å². The lowest BCUT2D eigenvalue weighted by Crippen LogP contribution is -2.36. The van der Waals surface area contributed by atoms with E-state index in [4.69, 9.17) is 4.42 Å². The number of para-hydroxylation sites is 1. The highest BCUT2D eigenvalue weighted by Gasteiger charge is 2.17. The maximum absolute atomic E-state index is 12.0. The van der Waals surface area contributed by atoms with Gasteiger partial charge >= 0.3 is 0 Å². The standard InChI is InChI=1S/C14H16N2O3/c1-3-15-12(17)8-16-14(18)13-9(2)10-6-4-5-7-11(10)19-13/h4-7H,3,8H2,1-2H3,(H,15,17)(H,16,18). The first-order valence-electron chi connectivity index (χ1n) is 6.16. The van der Waals surface area contributed by atoms with Crippen LogP contribution in [-0.4, -0.2) is 24.9 Å². The van der Waals surface area contributed by atoms with Gasteiger partial charge in [0, 0.05) is 17.5 Å². The summed E-state index contributed by atoms with van der Waals surface area (Å²) < 4.78 is 5.51. The maximum atomic E-state index is 12.0. The van der Waals surface area contributed by atoms with E-state index in [1.165, 1.54) is 0 Å². The van der Waals surface area contributed by atoms with Crippen molar-refractivity contribution in [1.29, 1.82) is 0 Å². The zero-order chi connectivity index (χ0) is 13.8. The van der Waals surface area contributed by atoms with Gasteiger partial charge in [0.05, 0.1) is 6.54 Å². The van der Waals surface area contributed by atoms with E-state index in [0.29, 0.717) is 12.1 Å². The van der Waals surface area contributed by atoms with Gasteiger partial charge in [-0.3, -0.25) is 9.59 Å². The van der Waals surface area contributed by atoms with Crippen molar-refractivity contribution in [1.82, 2.24) is 10.6 Å². The zero-order valence-electron chi connectivity index (χ0n) is 10.9. The quantitative estimate of drug-likeness (QED) is 0.877. The second-order valence-corrected chi connectivity index (χ2v) is 4.19. The maximum Gasteiger partial charge on any atom is 0.287 e. The number of carbonyl (C=O) groups excluding carboxylic acids is 2. The van der Waals surface area contributed by atoms with Crippen molar-refractivity contribution in [3.05, 3.63) is 35.6 Å². The molecule has 0 aliphatic rings. The van der Waals surface area contributed by atoms with E-state index in [9.17, 15) is 9.59 Å². The molecule has 2 rings (SSSR count). The Hall–Kier alpha value is -2.30. The fourth-order valence-corrected chi connectivity index (χ4v) is 1.89. The topological polar surface area (TPSA) is 71.3 Å². The third-order valence-corrected chi connectivity index (χ3v) is 2.83. The predicted octanol–water partition coefficient (Wildman–Crippen LogP) is 1.61. The van der Waals surface area contributed by atoms with E-state index in [2.05, 4.69) is 10.6 Å². The van der Waals surface area contributed by atoms with Gasteiger partial charge in [-0.1, -0.05) is 18.2 Å². The van der Waals surface area contributed by atoms with Crippen LogP contribution in [0.4, 0.5) is 0 Å². The van der Waals surface area contributed by atoms with Crippen molar-refractivity contribution in [2.75, 3.05) is 13.1 Å². The fraction of sp³-hybridized carbons (Fsp3) is 0.286. The van der Waals surface area contributed by atoms with E-state index < -0.39 is 0 Å². The first-order chi connectivity index (χ1) is 9.13. The largest absolute Gasteiger partial charge is 0.451 e. The molecule has 5 nitrogen and oxygen atoms in total. The molecule has 1 heterocycles. The number of likely N-dealkylation sites (N-methyl/N-ethyl adjacent to an activating group) is 1. The molecule has 0 saturated heterocycles. The number of aryl methyl sites for hydroxylation is 1. The first kappa shape index (κ1) is 13.1. The van der Waals surface area contributed by atoms with Crippen LogP contribution in [-0.2, 0) is 4.79 Å². The zero-order valence-corrected chi connectivity index (χ0v) is 10.9.